The van der Waals surface area contributed by atoms with Crippen molar-refractivity contribution >= 4 is 27.0 Å². The highest BCUT2D eigenvalue weighted by atomic mass is 79.9. The number of rotatable bonds is 5. The van der Waals surface area contributed by atoms with Crippen LogP contribution < -0.4 is 11.0 Å². The summed E-state index contributed by atoms with van der Waals surface area (Å²) in [6.45, 7) is 5.50. The van der Waals surface area contributed by atoms with Gasteiger partial charge >= 0.3 is 5.69 Å². The molecule has 4 nitrogen and oxygen atoms in total. The molecular formula is C15H20BrN3O. The molecule has 0 amide bonds. The number of aromatic amines is 2. The molecule has 1 aliphatic carbocycles. The molecular weight excluding hydrogens is 318 g/mol. The third kappa shape index (κ3) is 2.56. The Bertz CT molecular complexity index is 675. The predicted octanol–water partition coefficient (Wildman–Crippen LogP) is 3.32. The van der Waals surface area contributed by atoms with Gasteiger partial charge in [-0.25, -0.2) is 4.79 Å². The van der Waals surface area contributed by atoms with E-state index in [0.29, 0.717) is 12.0 Å². The summed E-state index contributed by atoms with van der Waals surface area (Å²) in [5, 5.41) is 3.66. The lowest BCUT2D eigenvalue weighted by Gasteiger charge is -2.20. The summed E-state index contributed by atoms with van der Waals surface area (Å²) >= 11 is 3.66. The molecule has 108 valence electrons. The van der Waals surface area contributed by atoms with Crippen LogP contribution in [0, 0.1) is 11.8 Å². The summed E-state index contributed by atoms with van der Waals surface area (Å²) < 4.78 is 1.06. The van der Waals surface area contributed by atoms with Gasteiger partial charge in [-0.3, -0.25) is 0 Å². The fraction of sp³-hybridized carbons (Fsp3) is 0.533. The molecule has 3 atom stereocenters. The van der Waals surface area contributed by atoms with Crippen LogP contribution >= 0.6 is 15.9 Å². The zero-order valence-corrected chi connectivity index (χ0v) is 13.4. The average molecular weight is 338 g/mol. The highest BCUT2D eigenvalue weighted by Gasteiger charge is 2.40. The second kappa shape index (κ2) is 5.37. The van der Waals surface area contributed by atoms with Crippen LogP contribution in [0.25, 0.3) is 11.0 Å². The van der Waals surface area contributed by atoms with Crippen LogP contribution in [-0.2, 0) is 0 Å². The molecule has 1 fully saturated rings. The summed E-state index contributed by atoms with van der Waals surface area (Å²) in [5.41, 5.74) is 2.82. The maximum atomic E-state index is 11.4. The summed E-state index contributed by atoms with van der Waals surface area (Å²) in [4.78, 5) is 17.1. The van der Waals surface area contributed by atoms with Crippen molar-refractivity contribution in [1.82, 2.24) is 15.3 Å². The van der Waals surface area contributed by atoms with E-state index in [1.165, 1.54) is 12.0 Å². The number of hydrogen-bond acceptors (Lipinski definition) is 2. The first kappa shape index (κ1) is 13.9. The second-order valence-corrected chi connectivity index (χ2v) is 6.66. The van der Waals surface area contributed by atoms with Gasteiger partial charge in [0.25, 0.3) is 0 Å². The second-order valence-electron chi connectivity index (χ2n) is 5.81. The minimum absolute atomic E-state index is 0.151. The van der Waals surface area contributed by atoms with Gasteiger partial charge in [0.2, 0.25) is 0 Å². The molecule has 2 aromatic rings. The van der Waals surface area contributed by atoms with E-state index in [4.69, 9.17) is 0 Å². The van der Waals surface area contributed by atoms with E-state index in [1.54, 1.807) is 0 Å². The number of aromatic nitrogens is 2. The molecule has 0 radical (unpaired) electrons. The SMILES string of the molecule is CCCNC(c1cc2[nH]c(=O)[nH]c2cc1Br)C1CC1C. The van der Waals surface area contributed by atoms with E-state index < -0.39 is 0 Å². The molecule has 1 saturated carbocycles. The Labute approximate surface area is 126 Å². The Morgan fingerprint density at radius 3 is 2.65 bits per heavy atom. The van der Waals surface area contributed by atoms with Gasteiger partial charge in [-0.2, -0.15) is 0 Å². The number of imidazole rings is 1. The largest absolute Gasteiger partial charge is 0.323 e. The van der Waals surface area contributed by atoms with Crippen molar-refractivity contribution in [3.63, 3.8) is 0 Å². The first-order valence-corrected chi connectivity index (χ1v) is 8.04. The van der Waals surface area contributed by atoms with E-state index in [9.17, 15) is 4.79 Å². The number of fused-ring (bicyclic) bond motifs is 1. The summed E-state index contributed by atoms with van der Waals surface area (Å²) in [6, 6.07) is 4.45. The summed E-state index contributed by atoms with van der Waals surface area (Å²) in [5.74, 6) is 1.47. The van der Waals surface area contributed by atoms with Crippen LogP contribution in [0.5, 0.6) is 0 Å². The Morgan fingerprint density at radius 2 is 2.05 bits per heavy atom. The van der Waals surface area contributed by atoms with E-state index in [1.807, 2.05) is 6.07 Å². The van der Waals surface area contributed by atoms with Crippen molar-refractivity contribution in [2.24, 2.45) is 11.8 Å². The van der Waals surface area contributed by atoms with Crippen LogP contribution in [-0.4, -0.2) is 16.5 Å². The molecule has 5 heteroatoms. The third-order valence-corrected chi connectivity index (χ3v) is 4.87. The maximum absolute atomic E-state index is 11.4. The van der Waals surface area contributed by atoms with Gasteiger partial charge in [-0.15, -0.1) is 0 Å². The van der Waals surface area contributed by atoms with Gasteiger partial charge < -0.3 is 15.3 Å². The fourth-order valence-corrected chi connectivity index (χ4v) is 3.51. The first-order valence-electron chi connectivity index (χ1n) is 7.25. The number of hydrogen-bond donors (Lipinski definition) is 3. The quantitative estimate of drug-likeness (QED) is 0.783. The third-order valence-electron chi connectivity index (χ3n) is 4.18. The zero-order chi connectivity index (χ0) is 14.3. The molecule has 1 aromatic carbocycles. The molecule has 20 heavy (non-hydrogen) atoms. The minimum atomic E-state index is -0.151. The smallest absolute Gasteiger partial charge is 0.310 e. The Morgan fingerprint density at radius 1 is 1.40 bits per heavy atom. The van der Waals surface area contributed by atoms with Crippen LogP contribution in [0.2, 0.25) is 0 Å². The molecule has 3 unspecified atom stereocenters. The van der Waals surface area contributed by atoms with Gasteiger partial charge in [0.1, 0.15) is 0 Å². The zero-order valence-electron chi connectivity index (χ0n) is 11.8. The molecule has 1 heterocycles. The van der Waals surface area contributed by atoms with Crippen molar-refractivity contribution in [2.75, 3.05) is 6.54 Å². The minimum Gasteiger partial charge on any atom is -0.310 e. The van der Waals surface area contributed by atoms with E-state index in [-0.39, 0.29) is 5.69 Å². The molecule has 3 rings (SSSR count). The van der Waals surface area contributed by atoms with E-state index in [0.717, 1.165) is 34.4 Å². The number of halogens is 1. The summed E-state index contributed by atoms with van der Waals surface area (Å²) in [6.07, 6.45) is 2.40. The topological polar surface area (TPSA) is 60.7 Å². The fourth-order valence-electron chi connectivity index (χ4n) is 2.92. The number of H-pyrrole nitrogens is 2. The normalized spacial score (nSPS) is 23.1. The van der Waals surface area contributed by atoms with Gasteiger partial charge in [-0.05, 0) is 48.9 Å². The monoisotopic (exact) mass is 337 g/mol. The highest BCUT2D eigenvalue weighted by molar-refractivity contribution is 9.10. The molecule has 3 N–H and O–H groups in total. The standard InChI is InChI=1S/C15H20BrN3O/c1-3-4-17-14(9-5-8(9)2)10-6-12-13(7-11(10)16)19-15(20)18-12/h6-9,14,17H,3-5H2,1-2H3,(H2,18,19,20). The maximum Gasteiger partial charge on any atom is 0.323 e. The van der Waals surface area contributed by atoms with Crippen molar-refractivity contribution in [2.45, 2.75) is 32.7 Å². The van der Waals surface area contributed by atoms with Gasteiger partial charge in [0.15, 0.2) is 0 Å². The average Bonchev–Trinajstić information content (AvgIpc) is 2.99. The first-order chi connectivity index (χ1) is 9.60. The Kier molecular flexibility index (Phi) is 3.73. The van der Waals surface area contributed by atoms with Crippen molar-refractivity contribution < 1.29 is 0 Å². The number of nitrogens with one attached hydrogen (secondary N) is 3. The van der Waals surface area contributed by atoms with E-state index >= 15 is 0 Å². The lowest BCUT2D eigenvalue weighted by Crippen LogP contribution is -2.24. The molecule has 0 spiro atoms. The van der Waals surface area contributed by atoms with Crippen LogP contribution in [0.15, 0.2) is 21.4 Å². The molecule has 1 aromatic heterocycles. The molecule has 0 bridgehead atoms. The van der Waals surface area contributed by atoms with Crippen LogP contribution in [0.3, 0.4) is 0 Å². The van der Waals surface area contributed by atoms with Gasteiger partial charge in [-0.1, -0.05) is 29.8 Å². The molecule has 0 saturated heterocycles. The van der Waals surface area contributed by atoms with Gasteiger partial charge in [0.05, 0.1) is 11.0 Å². The van der Waals surface area contributed by atoms with Crippen molar-refractivity contribution in [1.29, 1.82) is 0 Å². The summed E-state index contributed by atoms with van der Waals surface area (Å²) in [7, 11) is 0. The number of benzene rings is 1. The van der Waals surface area contributed by atoms with Crippen LogP contribution in [0.1, 0.15) is 38.3 Å². The molecule has 0 aliphatic heterocycles. The Balaban J connectivity index is 2.00. The van der Waals surface area contributed by atoms with Crippen molar-refractivity contribution in [3.05, 3.63) is 32.7 Å². The van der Waals surface area contributed by atoms with Gasteiger partial charge in [0, 0.05) is 10.5 Å². The lowest BCUT2D eigenvalue weighted by atomic mass is 10.0. The predicted molar refractivity (Wildman–Crippen MR) is 84.9 cm³/mol. The lowest BCUT2D eigenvalue weighted by molar-refractivity contribution is 0.462. The van der Waals surface area contributed by atoms with Crippen LogP contribution in [0.4, 0.5) is 0 Å². The van der Waals surface area contributed by atoms with E-state index in [2.05, 4.69) is 51.1 Å². The molecule has 1 aliphatic rings. The van der Waals surface area contributed by atoms with Crippen molar-refractivity contribution in [3.8, 4) is 0 Å². The highest BCUT2D eigenvalue weighted by Crippen LogP contribution is 2.48. The Hall–Kier alpha value is -1.07.